The van der Waals surface area contributed by atoms with Crippen molar-refractivity contribution in [2.24, 2.45) is 0 Å². The molecule has 2 rings (SSSR count). The lowest BCUT2D eigenvalue weighted by Crippen LogP contribution is -2.22. The van der Waals surface area contributed by atoms with Crippen LogP contribution in [0.5, 0.6) is 5.75 Å². The van der Waals surface area contributed by atoms with Gasteiger partial charge in [-0.3, -0.25) is 0 Å². The van der Waals surface area contributed by atoms with Crippen LogP contribution in [0.4, 0.5) is 0 Å². The second kappa shape index (κ2) is 4.59. The van der Waals surface area contributed by atoms with E-state index in [9.17, 15) is 9.90 Å². The summed E-state index contributed by atoms with van der Waals surface area (Å²) in [4.78, 5) is 11.2. The van der Waals surface area contributed by atoms with E-state index in [1.165, 1.54) is 6.07 Å². The second-order valence-electron chi connectivity index (χ2n) is 4.27. The molecule has 1 heterocycles. The van der Waals surface area contributed by atoms with Crippen molar-refractivity contribution < 1.29 is 9.52 Å². The highest BCUT2D eigenvalue weighted by Crippen LogP contribution is 2.25. The maximum Gasteiger partial charge on any atom is 0.336 e. The van der Waals surface area contributed by atoms with Crippen molar-refractivity contribution in [3.63, 3.8) is 0 Å². The third-order valence-corrected chi connectivity index (χ3v) is 2.55. The van der Waals surface area contributed by atoms with Crippen molar-refractivity contribution in [1.82, 2.24) is 5.32 Å². The third kappa shape index (κ3) is 2.47. The highest BCUT2D eigenvalue weighted by atomic mass is 16.4. The summed E-state index contributed by atoms with van der Waals surface area (Å²) in [6, 6.07) is 6.70. The Balaban J connectivity index is 2.54. The van der Waals surface area contributed by atoms with Crippen LogP contribution in [0.3, 0.4) is 0 Å². The summed E-state index contributed by atoms with van der Waals surface area (Å²) in [5.41, 5.74) is 0.661. The zero-order valence-corrected chi connectivity index (χ0v) is 9.86. The second-order valence-corrected chi connectivity index (χ2v) is 4.27. The summed E-state index contributed by atoms with van der Waals surface area (Å²) in [5, 5.41) is 13.8. The number of hydrogen-bond donors (Lipinski definition) is 2. The van der Waals surface area contributed by atoms with Gasteiger partial charge in [-0.25, -0.2) is 4.79 Å². The molecule has 1 aromatic heterocycles. The van der Waals surface area contributed by atoms with Crippen molar-refractivity contribution in [2.75, 3.05) is 0 Å². The Hall–Kier alpha value is -1.81. The number of fused-ring (bicyclic) bond motifs is 1. The van der Waals surface area contributed by atoms with E-state index in [2.05, 4.69) is 5.32 Å². The predicted octanol–water partition coefficient (Wildman–Crippen LogP) is 2.00. The fourth-order valence-corrected chi connectivity index (χ4v) is 1.66. The molecule has 0 aliphatic rings. The van der Waals surface area contributed by atoms with Gasteiger partial charge in [-0.1, -0.05) is 13.8 Å². The van der Waals surface area contributed by atoms with Crippen LogP contribution in [0.1, 0.15) is 19.4 Å². The zero-order chi connectivity index (χ0) is 12.4. The van der Waals surface area contributed by atoms with Crippen molar-refractivity contribution in [3.8, 4) is 5.75 Å². The monoisotopic (exact) mass is 233 g/mol. The first-order chi connectivity index (χ1) is 8.08. The number of phenols is 1. The van der Waals surface area contributed by atoms with Crippen molar-refractivity contribution in [1.29, 1.82) is 0 Å². The first-order valence-electron chi connectivity index (χ1n) is 5.56. The standard InChI is InChI=1S/C13H15NO3/c1-8(2)14-7-10-11(15)5-3-9-4-6-12(16)17-13(9)10/h3-6,8,14-15H,7H2,1-2H3. The van der Waals surface area contributed by atoms with Crippen molar-refractivity contribution in [3.05, 3.63) is 40.2 Å². The van der Waals surface area contributed by atoms with Crippen molar-refractivity contribution in [2.45, 2.75) is 26.4 Å². The average Bonchev–Trinajstić information content (AvgIpc) is 2.27. The Kier molecular flexibility index (Phi) is 3.15. The van der Waals surface area contributed by atoms with Gasteiger partial charge in [-0.05, 0) is 18.2 Å². The van der Waals surface area contributed by atoms with E-state index in [1.807, 2.05) is 13.8 Å². The molecule has 4 heteroatoms. The molecular formula is C13H15NO3. The Morgan fingerprint density at radius 3 is 2.71 bits per heavy atom. The summed E-state index contributed by atoms with van der Waals surface area (Å²) in [6.07, 6.45) is 0. The lowest BCUT2D eigenvalue weighted by atomic mass is 10.1. The molecule has 90 valence electrons. The summed E-state index contributed by atoms with van der Waals surface area (Å²) in [7, 11) is 0. The Bertz CT molecular complexity index is 587. The quantitative estimate of drug-likeness (QED) is 0.796. The molecule has 2 N–H and O–H groups in total. The zero-order valence-electron chi connectivity index (χ0n) is 9.86. The molecule has 17 heavy (non-hydrogen) atoms. The first-order valence-corrected chi connectivity index (χ1v) is 5.56. The van der Waals surface area contributed by atoms with Gasteiger partial charge in [0.2, 0.25) is 0 Å². The van der Waals surface area contributed by atoms with Crippen LogP contribution in [-0.2, 0) is 6.54 Å². The molecule has 0 amide bonds. The molecule has 0 unspecified atom stereocenters. The number of rotatable bonds is 3. The first kappa shape index (κ1) is 11.7. The lowest BCUT2D eigenvalue weighted by molar-refractivity contribution is 0.457. The molecule has 0 saturated heterocycles. The van der Waals surface area contributed by atoms with Gasteiger partial charge >= 0.3 is 5.63 Å². The van der Waals surface area contributed by atoms with Crippen LogP contribution >= 0.6 is 0 Å². The van der Waals surface area contributed by atoms with Gasteiger partial charge in [-0.15, -0.1) is 0 Å². The fourth-order valence-electron chi connectivity index (χ4n) is 1.66. The van der Waals surface area contributed by atoms with E-state index in [0.29, 0.717) is 23.7 Å². The molecule has 0 fully saturated rings. The predicted molar refractivity (Wildman–Crippen MR) is 66.1 cm³/mol. The summed E-state index contributed by atoms with van der Waals surface area (Å²) in [6.45, 7) is 4.49. The highest BCUT2D eigenvalue weighted by Gasteiger charge is 2.10. The van der Waals surface area contributed by atoms with Gasteiger partial charge in [0.1, 0.15) is 11.3 Å². The smallest absolute Gasteiger partial charge is 0.336 e. The fraction of sp³-hybridized carbons (Fsp3) is 0.308. The van der Waals surface area contributed by atoms with E-state index >= 15 is 0 Å². The maximum absolute atomic E-state index is 11.2. The Labute approximate surface area is 98.9 Å². The molecule has 2 aromatic rings. The van der Waals surface area contributed by atoms with Gasteiger partial charge < -0.3 is 14.8 Å². The topological polar surface area (TPSA) is 62.5 Å². The van der Waals surface area contributed by atoms with Crippen LogP contribution in [-0.4, -0.2) is 11.1 Å². The van der Waals surface area contributed by atoms with Gasteiger partial charge in [-0.2, -0.15) is 0 Å². The van der Waals surface area contributed by atoms with Crippen LogP contribution in [0.2, 0.25) is 0 Å². The van der Waals surface area contributed by atoms with Crippen LogP contribution in [0.25, 0.3) is 11.0 Å². The van der Waals surface area contributed by atoms with Gasteiger partial charge in [0, 0.05) is 24.0 Å². The van der Waals surface area contributed by atoms with Gasteiger partial charge in [0.25, 0.3) is 0 Å². The minimum atomic E-state index is -0.408. The molecule has 0 spiro atoms. The molecule has 0 saturated carbocycles. The molecule has 1 aromatic carbocycles. The minimum Gasteiger partial charge on any atom is -0.507 e. The molecule has 0 atom stereocenters. The van der Waals surface area contributed by atoms with Crippen LogP contribution in [0.15, 0.2) is 33.5 Å². The van der Waals surface area contributed by atoms with Gasteiger partial charge in [0.15, 0.2) is 0 Å². The third-order valence-electron chi connectivity index (χ3n) is 2.55. The molecule has 4 nitrogen and oxygen atoms in total. The number of aromatic hydroxyl groups is 1. The normalized spacial score (nSPS) is 11.2. The van der Waals surface area contributed by atoms with Gasteiger partial charge in [0.05, 0.1) is 5.56 Å². The Morgan fingerprint density at radius 1 is 1.29 bits per heavy atom. The van der Waals surface area contributed by atoms with E-state index in [-0.39, 0.29) is 5.75 Å². The molecular weight excluding hydrogens is 218 g/mol. The summed E-state index contributed by atoms with van der Waals surface area (Å²) in [5.74, 6) is 0.139. The van der Waals surface area contributed by atoms with E-state index in [4.69, 9.17) is 4.42 Å². The lowest BCUT2D eigenvalue weighted by Gasteiger charge is -2.11. The summed E-state index contributed by atoms with van der Waals surface area (Å²) >= 11 is 0. The maximum atomic E-state index is 11.2. The van der Waals surface area contributed by atoms with E-state index in [0.717, 1.165) is 5.39 Å². The van der Waals surface area contributed by atoms with Crippen LogP contribution < -0.4 is 10.9 Å². The van der Waals surface area contributed by atoms with E-state index < -0.39 is 5.63 Å². The highest BCUT2D eigenvalue weighted by molar-refractivity contribution is 5.81. The van der Waals surface area contributed by atoms with Crippen LogP contribution in [0, 0.1) is 0 Å². The number of phenolic OH excluding ortho intramolecular Hbond substituents is 1. The molecule has 0 aliphatic heterocycles. The number of nitrogens with one attached hydrogen (secondary N) is 1. The minimum absolute atomic E-state index is 0.139. The number of hydrogen-bond acceptors (Lipinski definition) is 4. The molecule has 0 aliphatic carbocycles. The Morgan fingerprint density at radius 2 is 2.00 bits per heavy atom. The SMILES string of the molecule is CC(C)NCc1c(O)ccc2ccc(=O)oc12. The average molecular weight is 233 g/mol. The number of benzene rings is 1. The summed E-state index contributed by atoms with van der Waals surface area (Å²) < 4.78 is 5.15. The largest absolute Gasteiger partial charge is 0.507 e. The molecule has 0 radical (unpaired) electrons. The molecule has 0 bridgehead atoms. The van der Waals surface area contributed by atoms with E-state index in [1.54, 1.807) is 18.2 Å². The van der Waals surface area contributed by atoms with Crippen molar-refractivity contribution >= 4 is 11.0 Å².